The zero-order valence-electron chi connectivity index (χ0n) is 17.0. The van der Waals surface area contributed by atoms with Crippen molar-refractivity contribution in [2.45, 2.75) is 38.0 Å². The molecule has 2 atom stereocenters. The van der Waals surface area contributed by atoms with Gasteiger partial charge in [-0.15, -0.1) is 0 Å². The topological polar surface area (TPSA) is 83.6 Å². The molecule has 5 rings (SSSR count). The standard InChI is InChI=1S/C22H25N5O3/c1-29-16-5-2-4-15(12-16)13-30-22(28)27-10-3-6-18-19(27)8-11-26(18)21-17-7-9-23-20(17)24-14-25-21/h2,4-5,7,9,12,14,18-19H,3,6,8,10-11,13H2,1H3,(H,23,24,25). The molecule has 1 N–H and O–H groups in total. The normalized spacial score (nSPS) is 21.0. The molecule has 2 unspecified atom stereocenters. The Kier molecular flexibility index (Phi) is 4.90. The van der Waals surface area contributed by atoms with E-state index in [1.807, 2.05) is 41.4 Å². The highest BCUT2D eigenvalue weighted by Crippen LogP contribution is 2.36. The maximum atomic E-state index is 12.9. The Morgan fingerprint density at radius 3 is 3.03 bits per heavy atom. The van der Waals surface area contributed by atoms with E-state index < -0.39 is 0 Å². The first kappa shape index (κ1) is 18.7. The van der Waals surface area contributed by atoms with Crippen molar-refractivity contribution in [2.24, 2.45) is 0 Å². The number of hydrogen-bond acceptors (Lipinski definition) is 6. The van der Waals surface area contributed by atoms with Crippen molar-refractivity contribution in [3.8, 4) is 5.75 Å². The van der Waals surface area contributed by atoms with Crippen molar-refractivity contribution >= 4 is 22.9 Å². The first-order chi connectivity index (χ1) is 14.7. The minimum Gasteiger partial charge on any atom is -0.497 e. The molecule has 1 amide bonds. The minimum absolute atomic E-state index is 0.139. The van der Waals surface area contributed by atoms with Crippen LogP contribution in [-0.2, 0) is 11.3 Å². The predicted octanol–water partition coefficient (Wildman–Crippen LogP) is 3.35. The van der Waals surface area contributed by atoms with E-state index in [-0.39, 0.29) is 24.8 Å². The third-order valence-corrected chi connectivity index (χ3v) is 6.15. The van der Waals surface area contributed by atoms with Crippen molar-refractivity contribution in [1.82, 2.24) is 19.9 Å². The number of likely N-dealkylation sites (tertiary alicyclic amines) is 1. The molecule has 2 aromatic heterocycles. The molecule has 3 aromatic rings. The Morgan fingerprint density at radius 1 is 1.20 bits per heavy atom. The third kappa shape index (κ3) is 3.32. The van der Waals surface area contributed by atoms with Crippen molar-refractivity contribution < 1.29 is 14.3 Å². The van der Waals surface area contributed by atoms with E-state index in [4.69, 9.17) is 9.47 Å². The largest absolute Gasteiger partial charge is 0.497 e. The summed E-state index contributed by atoms with van der Waals surface area (Å²) in [4.78, 5) is 29.2. The van der Waals surface area contributed by atoms with Gasteiger partial charge < -0.3 is 24.3 Å². The fourth-order valence-corrected chi connectivity index (χ4v) is 4.75. The summed E-state index contributed by atoms with van der Waals surface area (Å²) in [5.74, 6) is 1.70. The minimum atomic E-state index is -0.246. The summed E-state index contributed by atoms with van der Waals surface area (Å²) in [5, 5.41) is 1.02. The van der Waals surface area contributed by atoms with Crippen LogP contribution in [0.4, 0.5) is 10.6 Å². The Balaban J connectivity index is 1.30. The number of piperidine rings is 1. The molecule has 2 aliphatic heterocycles. The van der Waals surface area contributed by atoms with Gasteiger partial charge in [0.05, 0.1) is 24.6 Å². The van der Waals surface area contributed by atoms with Gasteiger partial charge in [-0.3, -0.25) is 0 Å². The molecule has 156 valence electrons. The lowest BCUT2D eigenvalue weighted by molar-refractivity contribution is 0.0672. The highest BCUT2D eigenvalue weighted by molar-refractivity contribution is 5.87. The molecule has 0 saturated carbocycles. The number of aromatic nitrogens is 3. The summed E-state index contributed by atoms with van der Waals surface area (Å²) in [7, 11) is 1.63. The lowest BCUT2D eigenvalue weighted by Gasteiger charge is -2.39. The molecular weight excluding hydrogens is 382 g/mol. The Labute approximate surface area is 174 Å². The number of nitrogens with zero attached hydrogens (tertiary/aromatic N) is 4. The van der Waals surface area contributed by atoms with E-state index in [0.717, 1.165) is 60.5 Å². The number of carbonyl (C=O) groups is 1. The van der Waals surface area contributed by atoms with Gasteiger partial charge in [0, 0.05) is 19.3 Å². The van der Waals surface area contributed by atoms with E-state index >= 15 is 0 Å². The number of carbonyl (C=O) groups excluding carboxylic acids is 1. The first-order valence-electron chi connectivity index (χ1n) is 10.4. The summed E-state index contributed by atoms with van der Waals surface area (Å²) >= 11 is 0. The maximum absolute atomic E-state index is 12.9. The van der Waals surface area contributed by atoms with E-state index in [0.29, 0.717) is 0 Å². The number of anilines is 1. The highest BCUT2D eigenvalue weighted by Gasteiger charge is 2.43. The smallest absolute Gasteiger partial charge is 0.410 e. The van der Waals surface area contributed by atoms with Crippen LogP contribution < -0.4 is 9.64 Å². The number of methoxy groups -OCH3 is 1. The second-order valence-electron chi connectivity index (χ2n) is 7.80. The number of rotatable bonds is 4. The van der Waals surface area contributed by atoms with Crippen LogP contribution in [0.3, 0.4) is 0 Å². The monoisotopic (exact) mass is 407 g/mol. The lowest BCUT2D eigenvalue weighted by atomic mass is 9.97. The number of benzene rings is 1. The molecule has 0 aliphatic carbocycles. The molecule has 0 spiro atoms. The van der Waals surface area contributed by atoms with E-state index in [1.54, 1.807) is 13.4 Å². The van der Waals surface area contributed by atoms with E-state index in [2.05, 4.69) is 19.9 Å². The summed E-state index contributed by atoms with van der Waals surface area (Å²) in [6.45, 7) is 1.84. The first-order valence-corrected chi connectivity index (χ1v) is 10.4. The quantitative estimate of drug-likeness (QED) is 0.714. The van der Waals surface area contributed by atoms with Gasteiger partial charge in [-0.2, -0.15) is 0 Å². The molecule has 1 aromatic carbocycles. The second-order valence-corrected chi connectivity index (χ2v) is 7.80. The molecule has 2 fully saturated rings. The number of fused-ring (bicyclic) bond motifs is 2. The van der Waals surface area contributed by atoms with Gasteiger partial charge >= 0.3 is 6.09 Å². The molecule has 0 radical (unpaired) electrons. The van der Waals surface area contributed by atoms with Crippen molar-refractivity contribution in [2.75, 3.05) is 25.1 Å². The van der Waals surface area contributed by atoms with Crippen molar-refractivity contribution in [3.63, 3.8) is 0 Å². The van der Waals surface area contributed by atoms with Gasteiger partial charge in [0.2, 0.25) is 0 Å². The Morgan fingerprint density at radius 2 is 2.13 bits per heavy atom. The fourth-order valence-electron chi connectivity index (χ4n) is 4.75. The number of amides is 1. The lowest BCUT2D eigenvalue weighted by Crippen LogP contribution is -2.52. The number of hydrogen-bond donors (Lipinski definition) is 1. The van der Waals surface area contributed by atoms with Gasteiger partial charge in [-0.25, -0.2) is 14.8 Å². The average Bonchev–Trinajstić information content (AvgIpc) is 3.44. The van der Waals surface area contributed by atoms with Crippen molar-refractivity contribution in [3.05, 3.63) is 48.4 Å². The summed E-state index contributed by atoms with van der Waals surface area (Å²) in [5.41, 5.74) is 1.76. The van der Waals surface area contributed by atoms with E-state index in [9.17, 15) is 4.79 Å². The Hall–Kier alpha value is -3.29. The van der Waals surface area contributed by atoms with Gasteiger partial charge in [-0.05, 0) is 43.0 Å². The van der Waals surface area contributed by atoms with Crippen LogP contribution in [0.2, 0.25) is 0 Å². The van der Waals surface area contributed by atoms with Crippen LogP contribution in [0.1, 0.15) is 24.8 Å². The number of ether oxygens (including phenoxy) is 2. The van der Waals surface area contributed by atoms with E-state index in [1.165, 1.54) is 0 Å². The molecule has 2 aliphatic rings. The van der Waals surface area contributed by atoms with Gasteiger partial charge in [0.25, 0.3) is 0 Å². The van der Waals surface area contributed by atoms with Crippen LogP contribution in [0.25, 0.3) is 11.0 Å². The molecule has 8 heteroatoms. The molecule has 8 nitrogen and oxygen atoms in total. The molecule has 30 heavy (non-hydrogen) atoms. The molecule has 4 heterocycles. The van der Waals surface area contributed by atoms with Gasteiger partial charge in [-0.1, -0.05) is 12.1 Å². The molecule has 0 bridgehead atoms. The predicted molar refractivity (Wildman–Crippen MR) is 113 cm³/mol. The second kappa shape index (κ2) is 7.85. The van der Waals surface area contributed by atoms with Crippen LogP contribution in [-0.4, -0.2) is 58.2 Å². The zero-order chi connectivity index (χ0) is 20.5. The summed E-state index contributed by atoms with van der Waals surface area (Å²) < 4.78 is 10.9. The third-order valence-electron chi connectivity index (χ3n) is 6.15. The number of nitrogens with one attached hydrogen (secondary N) is 1. The zero-order valence-corrected chi connectivity index (χ0v) is 17.0. The van der Waals surface area contributed by atoms with Gasteiger partial charge in [0.1, 0.15) is 30.1 Å². The Bertz CT molecular complexity index is 1050. The van der Waals surface area contributed by atoms with Crippen LogP contribution in [0.5, 0.6) is 5.75 Å². The van der Waals surface area contributed by atoms with Crippen LogP contribution in [0.15, 0.2) is 42.9 Å². The van der Waals surface area contributed by atoms with Gasteiger partial charge in [0.15, 0.2) is 0 Å². The fraction of sp³-hybridized carbons (Fsp3) is 0.409. The van der Waals surface area contributed by atoms with Crippen LogP contribution in [0, 0.1) is 0 Å². The average molecular weight is 407 g/mol. The van der Waals surface area contributed by atoms with Crippen LogP contribution >= 0.6 is 0 Å². The maximum Gasteiger partial charge on any atom is 0.410 e. The molecular formula is C22H25N5O3. The number of H-pyrrole nitrogens is 1. The highest BCUT2D eigenvalue weighted by atomic mass is 16.6. The summed E-state index contributed by atoms with van der Waals surface area (Å²) in [6, 6.07) is 10.0. The number of aromatic amines is 1. The SMILES string of the molecule is COc1cccc(COC(=O)N2CCCC3C2CCN3c2ncnc3[nH]ccc23)c1. The molecule has 2 saturated heterocycles. The van der Waals surface area contributed by atoms with Crippen molar-refractivity contribution in [1.29, 1.82) is 0 Å². The summed E-state index contributed by atoms with van der Waals surface area (Å²) in [6.07, 6.45) is 6.15.